The zero-order valence-corrected chi connectivity index (χ0v) is 14.0. The number of unbranched alkanes of at least 4 members (excludes halogenated alkanes) is 1. The Labute approximate surface area is 138 Å². The van der Waals surface area contributed by atoms with Gasteiger partial charge in [0, 0.05) is 11.6 Å². The predicted octanol–water partition coefficient (Wildman–Crippen LogP) is 4.10. The molecule has 0 bridgehead atoms. The van der Waals surface area contributed by atoms with E-state index in [0.29, 0.717) is 17.7 Å². The molecule has 1 N–H and O–H groups in total. The molecule has 1 aliphatic carbocycles. The Morgan fingerprint density at radius 2 is 1.65 bits per heavy atom. The summed E-state index contributed by atoms with van der Waals surface area (Å²) in [6, 6.07) is 7.00. The molecular weight excluding hydrogens is 290 g/mol. The lowest BCUT2D eigenvalue weighted by Crippen LogP contribution is -2.34. The monoisotopic (exact) mass is 317 g/mol. The fourth-order valence-corrected chi connectivity index (χ4v) is 2.84. The van der Waals surface area contributed by atoms with Crippen LogP contribution < -0.4 is 5.32 Å². The Kier molecular flexibility index (Phi) is 7.11. The first-order chi connectivity index (χ1) is 11.2. The van der Waals surface area contributed by atoms with Gasteiger partial charge in [-0.3, -0.25) is 4.79 Å². The number of rotatable bonds is 6. The highest BCUT2D eigenvalue weighted by molar-refractivity contribution is 5.96. The lowest BCUT2D eigenvalue weighted by atomic mass is 10.1. The Hall–Kier alpha value is -1.84. The van der Waals surface area contributed by atoms with Crippen LogP contribution in [0.25, 0.3) is 0 Å². The van der Waals surface area contributed by atoms with Gasteiger partial charge in [-0.25, -0.2) is 4.79 Å². The van der Waals surface area contributed by atoms with Gasteiger partial charge in [-0.05, 0) is 43.5 Å². The minimum Gasteiger partial charge on any atom is -0.462 e. The van der Waals surface area contributed by atoms with Crippen LogP contribution in [0.5, 0.6) is 0 Å². The van der Waals surface area contributed by atoms with Crippen molar-refractivity contribution in [3.8, 4) is 0 Å². The fourth-order valence-electron chi connectivity index (χ4n) is 2.84. The predicted molar refractivity (Wildman–Crippen MR) is 90.6 cm³/mol. The molecule has 0 aliphatic heterocycles. The summed E-state index contributed by atoms with van der Waals surface area (Å²) in [5.41, 5.74) is 1.09. The van der Waals surface area contributed by atoms with Crippen molar-refractivity contribution in [2.24, 2.45) is 0 Å². The molecule has 1 saturated carbocycles. The summed E-state index contributed by atoms with van der Waals surface area (Å²) < 4.78 is 5.16. The molecule has 23 heavy (non-hydrogen) atoms. The third kappa shape index (κ3) is 5.70. The van der Waals surface area contributed by atoms with Gasteiger partial charge >= 0.3 is 5.97 Å². The second kappa shape index (κ2) is 9.33. The van der Waals surface area contributed by atoms with Crippen LogP contribution >= 0.6 is 0 Å². The molecule has 1 aliphatic rings. The molecule has 0 spiro atoms. The van der Waals surface area contributed by atoms with Crippen molar-refractivity contribution in [2.45, 2.75) is 64.3 Å². The lowest BCUT2D eigenvalue weighted by molar-refractivity contribution is 0.0499. The van der Waals surface area contributed by atoms with E-state index in [2.05, 4.69) is 12.2 Å². The fraction of sp³-hybridized carbons (Fsp3) is 0.579. The van der Waals surface area contributed by atoms with E-state index in [1.807, 2.05) is 0 Å². The number of carbonyl (C=O) groups is 2. The molecule has 4 heteroatoms. The topological polar surface area (TPSA) is 55.4 Å². The Morgan fingerprint density at radius 1 is 1.04 bits per heavy atom. The highest BCUT2D eigenvalue weighted by Gasteiger charge is 2.16. The quantitative estimate of drug-likeness (QED) is 0.488. The van der Waals surface area contributed by atoms with Crippen molar-refractivity contribution in [3.05, 3.63) is 35.4 Å². The van der Waals surface area contributed by atoms with E-state index >= 15 is 0 Å². The van der Waals surface area contributed by atoms with Crippen molar-refractivity contribution in [1.29, 1.82) is 0 Å². The summed E-state index contributed by atoms with van der Waals surface area (Å²) in [5.74, 6) is -0.378. The molecule has 1 fully saturated rings. The summed E-state index contributed by atoms with van der Waals surface area (Å²) in [6.45, 7) is 2.49. The second-order valence-corrected chi connectivity index (χ2v) is 6.23. The van der Waals surface area contributed by atoms with Gasteiger partial charge < -0.3 is 10.1 Å². The van der Waals surface area contributed by atoms with Gasteiger partial charge in [0.1, 0.15) is 0 Å². The van der Waals surface area contributed by atoms with E-state index in [4.69, 9.17) is 4.74 Å². The first-order valence-electron chi connectivity index (χ1n) is 8.78. The number of esters is 1. The maximum atomic E-state index is 12.3. The zero-order chi connectivity index (χ0) is 16.5. The maximum absolute atomic E-state index is 12.3. The normalized spacial score (nSPS) is 15.7. The number of amides is 1. The standard InChI is InChI=1S/C19H27NO3/c1-2-3-14-23-19(22)16-12-10-15(11-13-16)18(21)20-17-8-6-4-5-7-9-17/h10-13,17H,2-9,14H2,1H3,(H,20,21). The number of benzene rings is 1. The van der Waals surface area contributed by atoms with Gasteiger partial charge in [-0.2, -0.15) is 0 Å². The SMILES string of the molecule is CCCCOC(=O)c1ccc(C(=O)NC2CCCCCC2)cc1. The highest BCUT2D eigenvalue weighted by atomic mass is 16.5. The van der Waals surface area contributed by atoms with Crippen molar-refractivity contribution < 1.29 is 14.3 Å². The van der Waals surface area contributed by atoms with Crippen LogP contribution in [0, 0.1) is 0 Å². The maximum Gasteiger partial charge on any atom is 0.338 e. The molecule has 1 amide bonds. The van der Waals surface area contributed by atoms with Crippen molar-refractivity contribution in [1.82, 2.24) is 5.32 Å². The molecule has 0 heterocycles. The minimum absolute atomic E-state index is 0.0530. The van der Waals surface area contributed by atoms with E-state index in [-0.39, 0.29) is 17.9 Å². The average Bonchev–Trinajstić information content (AvgIpc) is 2.84. The van der Waals surface area contributed by atoms with Gasteiger partial charge in [0.15, 0.2) is 0 Å². The Balaban J connectivity index is 1.87. The van der Waals surface area contributed by atoms with E-state index in [1.165, 1.54) is 25.7 Å². The first-order valence-corrected chi connectivity index (χ1v) is 8.78. The van der Waals surface area contributed by atoms with Crippen molar-refractivity contribution >= 4 is 11.9 Å². The van der Waals surface area contributed by atoms with E-state index in [1.54, 1.807) is 24.3 Å². The number of hydrogen-bond acceptors (Lipinski definition) is 3. The van der Waals surface area contributed by atoms with Crippen LogP contribution in [0.1, 0.15) is 79.0 Å². The molecule has 2 rings (SSSR count). The number of ether oxygens (including phenoxy) is 1. The third-order valence-electron chi connectivity index (χ3n) is 4.30. The molecule has 0 atom stereocenters. The molecule has 4 nitrogen and oxygen atoms in total. The van der Waals surface area contributed by atoms with E-state index in [0.717, 1.165) is 25.7 Å². The lowest BCUT2D eigenvalue weighted by Gasteiger charge is -2.16. The molecular formula is C19H27NO3. The third-order valence-corrected chi connectivity index (χ3v) is 4.30. The van der Waals surface area contributed by atoms with E-state index in [9.17, 15) is 9.59 Å². The summed E-state index contributed by atoms with van der Waals surface area (Å²) >= 11 is 0. The molecule has 0 saturated heterocycles. The number of carbonyl (C=O) groups excluding carboxylic acids is 2. The van der Waals surface area contributed by atoms with Crippen molar-refractivity contribution in [3.63, 3.8) is 0 Å². The zero-order valence-electron chi connectivity index (χ0n) is 14.0. The van der Waals surface area contributed by atoms with Crippen LogP contribution in [-0.4, -0.2) is 24.5 Å². The molecule has 0 aromatic heterocycles. The van der Waals surface area contributed by atoms with Crippen LogP contribution in [-0.2, 0) is 4.74 Å². The van der Waals surface area contributed by atoms with Crippen LogP contribution in [0.3, 0.4) is 0 Å². The summed E-state index contributed by atoms with van der Waals surface area (Å²) in [4.78, 5) is 24.1. The molecule has 1 aromatic carbocycles. The summed E-state index contributed by atoms with van der Waals surface area (Å²) in [7, 11) is 0. The Bertz CT molecular complexity index is 502. The second-order valence-electron chi connectivity index (χ2n) is 6.23. The van der Waals surface area contributed by atoms with Gasteiger partial charge in [0.2, 0.25) is 0 Å². The van der Waals surface area contributed by atoms with Gasteiger partial charge in [-0.15, -0.1) is 0 Å². The number of nitrogens with one attached hydrogen (secondary N) is 1. The van der Waals surface area contributed by atoms with E-state index < -0.39 is 0 Å². The number of hydrogen-bond donors (Lipinski definition) is 1. The first kappa shape index (κ1) is 17.5. The van der Waals surface area contributed by atoms with Crippen LogP contribution in [0.2, 0.25) is 0 Å². The van der Waals surface area contributed by atoms with Gasteiger partial charge in [0.05, 0.1) is 12.2 Å². The Morgan fingerprint density at radius 3 is 2.26 bits per heavy atom. The van der Waals surface area contributed by atoms with Gasteiger partial charge in [0.25, 0.3) is 5.91 Å². The van der Waals surface area contributed by atoms with Gasteiger partial charge in [-0.1, -0.05) is 39.0 Å². The largest absolute Gasteiger partial charge is 0.462 e. The average molecular weight is 317 g/mol. The minimum atomic E-state index is -0.325. The summed E-state index contributed by atoms with van der Waals surface area (Å²) in [5, 5.41) is 3.11. The van der Waals surface area contributed by atoms with Crippen molar-refractivity contribution in [2.75, 3.05) is 6.61 Å². The van der Waals surface area contributed by atoms with Crippen LogP contribution in [0.15, 0.2) is 24.3 Å². The molecule has 126 valence electrons. The smallest absolute Gasteiger partial charge is 0.338 e. The molecule has 0 unspecified atom stereocenters. The summed E-state index contributed by atoms with van der Waals surface area (Å²) in [6.07, 6.45) is 8.89. The highest BCUT2D eigenvalue weighted by Crippen LogP contribution is 2.17. The molecule has 0 radical (unpaired) electrons. The molecule has 1 aromatic rings. The van der Waals surface area contributed by atoms with Crippen LogP contribution in [0.4, 0.5) is 0 Å².